The molecule has 0 heterocycles. The minimum absolute atomic E-state index is 0. The van der Waals surface area contributed by atoms with E-state index in [1.165, 1.54) is 17.5 Å². The first kappa shape index (κ1) is 24.0. The van der Waals surface area contributed by atoms with Gasteiger partial charge in [0, 0.05) is 33.4 Å². The maximum atomic E-state index is 5.55. The van der Waals surface area contributed by atoms with Crippen LogP contribution < -0.4 is 15.4 Å². The Hall–Kier alpha value is -1.02. The number of methoxy groups -OCH3 is 1. The summed E-state index contributed by atoms with van der Waals surface area (Å²) in [5.74, 6) is 1.77. The highest BCUT2D eigenvalue weighted by Crippen LogP contribution is 2.19. The summed E-state index contributed by atoms with van der Waals surface area (Å²) in [5.41, 5.74) is 2.46. The van der Waals surface area contributed by atoms with E-state index in [9.17, 15) is 0 Å². The molecule has 0 unspecified atom stereocenters. The van der Waals surface area contributed by atoms with Gasteiger partial charge in [-0.25, -0.2) is 0 Å². The molecule has 0 atom stereocenters. The number of ether oxygens (including phenoxy) is 2. The molecule has 0 spiro atoms. The van der Waals surface area contributed by atoms with Crippen molar-refractivity contribution in [2.45, 2.75) is 39.5 Å². The number of nitrogens with zero attached hydrogens (tertiary/aromatic N) is 1. The van der Waals surface area contributed by atoms with Crippen LogP contribution in [0.1, 0.15) is 37.3 Å². The Kier molecular flexibility index (Phi) is 14.6. The quantitative estimate of drug-likeness (QED) is 0.228. The lowest BCUT2D eigenvalue weighted by molar-refractivity contribution is 0.129. The molecule has 0 saturated heterocycles. The second kappa shape index (κ2) is 15.3. The van der Waals surface area contributed by atoms with Gasteiger partial charge in [0.05, 0.1) is 7.11 Å². The van der Waals surface area contributed by atoms with E-state index in [-0.39, 0.29) is 24.0 Å². The van der Waals surface area contributed by atoms with E-state index < -0.39 is 0 Å². The van der Waals surface area contributed by atoms with Gasteiger partial charge in [0.15, 0.2) is 5.96 Å². The van der Waals surface area contributed by atoms with Crippen molar-refractivity contribution in [3.05, 3.63) is 29.3 Å². The fourth-order valence-electron chi connectivity index (χ4n) is 2.37. The van der Waals surface area contributed by atoms with E-state index in [4.69, 9.17) is 9.47 Å². The van der Waals surface area contributed by atoms with Gasteiger partial charge in [-0.2, -0.15) is 0 Å². The molecule has 5 nitrogen and oxygen atoms in total. The van der Waals surface area contributed by atoms with Crippen LogP contribution >= 0.6 is 24.0 Å². The number of aryl methyl sites for hydroxylation is 1. The molecular formula is C19H34IN3O2. The molecule has 0 aliphatic carbocycles. The third kappa shape index (κ3) is 10.5. The lowest BCUT2D eigenvalue weighted by Gasteiger charge is -2.13. The number of halogens is 1. The number of unbranched alkanes of at least 4 members (excludes halogenated alkanes) is 1. The number of benzene rings is 1. The molecule has 1 rings (SSSR count). The summed E-state index contributed by atoms with van der Waals surface area (Å²) in [7, 11) is 3.50. The summed E-state index contributed by atoms with van der Waals surface area (Å²) in [5, 5.41) is 6.66. The lowest BCUT2D eigenvalue weighted by atomic mass is 10.1. The smallest absolute Gasteiger partial charge is 0.190 e. The average molecular weight is 463 g/mol. The van der Waals surface area contributed by atoms with Crippen molar-refractivity contribution in [1.82, 2.24) is 10.6 Å². The largest absolute Gasteiger partial charge is 0.496 e. The molecule has 1 aromatic rings. The molecule has 6 heteroatoms. The topological polar surface area (TPSA) is 54.9 Å². The number of nitrogens with one attached hydrogen (secondary N) is 2. The number of guanidine groups is 1. The molecule has 0 saturated carbocycles. The number of rotatable bonds is 11. The van der Waals surface area contributed by atoms with E-state index in [2.05, 4.69) is 41.6 Å². The summed E-state index contributed by atoms with van der Waals surface area (Å²) in [6.45, 7) is 7.60. The Labute approximate surface area is 170 Å². The Morgan fingerprint density at radius 1 is 1.12 bits per heavy atom. The highest BCUT2D eigenvalue weighted by atomic mass is 127. The van der Waals surface area contributed by atoms with E-state index >= 15 is 0 Å². The molecule has 0 fully saturated rings. The third-order valence-electron chi connectivity index (χ3n) is 3.75. The maximum absolute atomic E-state index is 5.55. The van der Waals surface area contributed by atoms with E-state index in [1.807, 2.05) is 6.07 Å². The summed E-state index contributed by atoms with van der Waals surface area (Å²) < 4.78 is 11.0. The molecule has 0 aliphatic heterocycles. The van der Waals surface area contributed by atoms with Crippen LogP contribution in [0.2, 0.25) is 0 Å². The van der Waals surface area contributed by atoms with Crippen molar-refractivity contribution in [3.8, 4) is 5.75 Å². The van der Waals surface area contributed by atoms with Crippen molar-refractivity contribution >= 4 is 29.9 Å². The fourth-order valence-corrected chi connectivity index (χ4v) is 2.37. The van der Waals surface area contributed by atoms with Crippen LogP contribution in [-0.4, -0.2) is 46.4 Å². The van der Waals surface area contributed by atoms with Gasteiger partial charge in [0.1, 0.15) is 5.75 Å². The zero-order valence-corrected chi connectivity index (χ0v) is 18.4. The minimum Gasteiger partial charge on any atom is -0.496 e. The maximum Gasteiger partial charge on any atom is 0.190 e. The second-order valence-electron chi connectivity index (χ2n) is 5.81. The van der Waals surface area contributed by atoms with Crippen LogP contribution in [-0.2, 0) is 11.2 Å². The molecule has 25 heavy (non-hydrogen) atoms. The molecule has 144 valence electrons. The summed E-state index contributed by atoms with van der Waals surface area (Å²) in [6, 6.07) is 6.26. The van der Waals surface area contributed by atoms with Gasteiger partial charge in [-0.05, 0) is 37.8 Å². The molecule has 0 radical (unpaired) electrons. The molecule has 0 bridgehead atoms. The van der Waals surface area contributed by atoms with Crippen LogP contribution in [0.15, 0.2) is 23.2 Å². The van der Waals surface area contributed by atoms with Crippen LogP contribution in [0.25, 0.3) is 0 Å². The standard InChI is InChI=1S/C19H33N3O2.HI/c1-5-6-13-24-14-7-11-21-19(20-3)22-12-10-17-15-16(2)8-9-18(17)23-4;/h8-9,15H,5-7,10-14H2,1-4H3,(H2,20,21,22);1H. The van der Waals surface area contributed by atoms with Gasteiger partial charge in [0.25, 0.3) is 0 Å². The van der Waals surface area contributed by atoms with Gasteiger partial charge < -0.3 is 20.1 Å². The first-order chi connectivity index (χ1) is 11.7. The first-order valence-corrected chi connectivity index (χ1v) is 8.87. The fraction of sp³-hybridized carbons (Fsp3) is 0.632. The van der Waals surface area contributed by atoms with E-state index in [1.54, 1.807) is 14.2 Å². The molecule has 1 aromatic carbocycles. The number of hydrogen-bond donors (Lipinski definition) is 2. The summed E-state index contributed by atoms with van der Waals surface area (Å²) in [4.78, 5) is 4.25. The summed E-state index contributed by atoms with van der Waals surface area (Å²) >= 11 is 0. The van der Waals surface area contributed by atoms with E-state index in [0.717, 1.165) is 57.3 Å². The summed E-state index contributed by atoms with van der Waals surface area (Å²) in [6.07, 6.45) is 4.20. The Bertz CT molecular complexity index is 496. The Morgan fingerprint density at radius 3 is 2.52 bits per heavy atom. The molecular weight excluding hydrogens is 429 g/mol. The molecule has 0 amide bonds. The predicted molar refractivity (Wildman–Crippen MR) is 117 cm³/mol. The zero-order valence-electron chi connectivity index (χ0n) is 16.1. The molecule has 0 aromatic heterocycles. The monoisotopic (exact) mass is 463 g/mol. The lowest BCUT2D eigenvalue weighted by Crippen LogP contribution is -2.39. The van der Waals surface area contributed by atoms with Crippen molar-refractivity contribution in [1.29, 1.82) is 0 Å². The van der Waals surface area contributed by atoms with Gasteiger partial charge in [-0.15, -0.1) is 24.0 Å². The van der Waals surface area contributed by atoms with Crippen LogP contribution in [0.4, 0.5) is 0 Å². The Balaban J connectivity index is 0.00000576. The van der Waals surface area contributed by atoms with Crippen molar-refractivity contribution in [2.24, 2.45) is 4.99 Å². The SMILES string of the molecule is CCCCOCCCNC(=NC)NCCc1cc(C)ccc1OC.I. The van der Waals surface area contributed by atoms with Crippen molar-refractivity contribution in [2.75, 3.05) is 40.5 Å². The van der Waals surface area contributed by atoms with Gasteiger partial charge in [-0.1, -0.05) is 31.0 Å². The van der Waals surface area contributed by atoms with Gasteiger partial charge >= 0.3 is 0 Å². The molecule has 2 N–H and O–H groups in total. The van der Waals surface area contributed by atoms with Crippen molar-refractivity contribution in [3.63, 3.8) is 0 Å². The normalized spacial score (nSPS) is 11.0. The minimum atomic E-state index is 0. The second-order valence-corrected chi connectivity index (χ2v) is 5.81. The van der Waals surface area contributed by atoms with E-state index in [0.29, 0.717) is 0 Å². The first-order valence-electron chi connectivity index (χ1n) is 8.87. The molecule has 0 aliphatic rings. The number of hydrogen-bond acceptors (Lipinski definition) is 3. The highest BCUT2D eigenvalue weighted by molar-refractivity contribution is 14.0. The number of aliphatic imine (C=N–C) groups is 1. The predicted octanol–water partition coefficient (Wildman–Crippen LogP) is 3.54. The van der Waals surface area contributed by atoms with Crippen LogP contribution in [0, 0.1) is 6.92 Å². The van der Waals surface area contributed by atoms with Gasteiger partial charge in [0.2, 0.25) is 0 Å². The average Bonchev–Trinajstić information content (AvgIpc) is 2.59. The van der Waals surface area contributed by atoms with Gasteiger partial charge in [-0.3, -0.25) is 4.99 Å². The zero-order chi connectivity index (χ0) is 17.6. The Morgan fingerprint density at radius 2 is 1.84 bits per heavy atom. The van der Waals surface area contributed by atoms with Crippen molar-refractivity contribution < 1.29 is 9.47 Å². The van der Waals surface area contributed by atoms with Crippen LogP contribution in [0.5, 0.6) is 5.75 Å². The van der Waals surface area contributed by atoms with Crippen LogP contribution in [0.3, 0.4) is 0 Å². The third-order valence-corrected chi connectivity index (χ3v) is 3.75. The highest BCUT2D eigenvalue weighted by Gasteiger charge is 2.04.